The van der Waals surface area contributed by atoms with E-state index in [0.29, 0.717) is 5.41 Å². The fourth-order valence-electron chi connectivity index (χ4n) is 2.24. The number of oxime groups is 1. The van der Waals surface area contributed by atoms with Crippen LogP contribution in [0.4, 0.5) is 0 Å². The van der Waals surface area contributed by atoms with Gasteiger partial charge < -0.3 is 4.84 Å². The van der Waals surface area contributed by atoms with Crippen LogP contribution in [0.25, 0.3) is 0 Å². The third kappa shape index (κ3) is 2.73. The summed E-state index contributed by atoms with van der Waals surface area (Å²) in [6.07, 6.45) is 6.09. The summed E-state index contributed by atoms with van der Waals surface area (Å²) in [7, 11) is 1.63. The highest BCUT2D eigenvalue weighted by atomic mass is 16.6. The Bertz CT molecular complexity index is 198. The standard InChI is InChI=1S/C12H23NO/c1-5-12(2,3)10-6-8-11(9-7-10)13-14-4/h10H,5-9H2,1-4H3. The Morgan fingerprint density at radius 3 is 2.36 bits per heavy atom. The monoisotopic (exact) mass is 197 g/mol. The van der Waals surface area contributed by atoms with E-state index in [-0.39, 0.29) is 0 Å². The summed E-state index contributed by atoms with van der Waals surface area (Å²) in [4.78, 5) is 4.82. The van der Waals surface area contributed by atoms with Crippen molar-refractivity contribution in [3.05, 3.63) is 0 Å². The molecule has 0 aromatic heterocycles. The Kier molecular flexibility index (Phi) is 3.97. The number of nitrogens with zero attached hydrogens (tertiary/aromatic N) is 1. The van der Waals surface area contributed by atoms with E-state index in [1.807, 2.05) is 0 Å². The largest absolute Gasteiger partial charge is 0.399 e. The van der Waals surface area contributed by atoms with E-state index in [1.54, 1.807) is 7.11 Å². The molecule has 0 amide bonds. The van der Waals surface area contributed by atoms with Gasteiger partial charge in [0, 0.05) is 0 Å². The van der Waals surface area contributed by atoms with Gasteiger partial charge in [-0.15, -0.1) is 0 Å². The molecule has 0 N–H and O–H groups in total. The molecule has 0 spiro atoms. The molecule has 0 radical (unpaired) electrons. The quantitative estimate of drug-likeness (QED) is 0.633. The van der Waals surface area contributed by atoms with Crippen molar-refractivity contribution in [3.8, 4) is 0 Å². The summed E-state index contributed by atoms with van der Waals surface area (Å²) in [6.45, 7) is 7.06. The summed E-state index contributed by atoms with van der Waals surface area (Å²) in [6, 6.07) is 0. The summed E-state index contributed by atoms with van der Waals surface area (Å²) in [5, 5.41) is 4.04. The molecule has 0 heterocycles. The van der Waals surface area contributed by atoms with E-state index in [9.17, 15) is 0 Å². The predicted molar refractivity (Wildman–Crippen MR) is 60.5 cm³/mol. The molecule has 0 aliphatic heterocycles. The van der Waals surface area contributed by atoms with E-state index >= 15 is 0 Å². The van der Waals surface area contributed by atoms with Gasteiger partial charge in [-0.1, -0.05) is 32.3 Å². The molecule has 14 heavy (non-hydrogen) atoms. The van der Waals surface area contributed by atoms with Crippen LogP contribution in [-0.2, 0) is 4.84 Å². The third-order valence-electron chi connectivity index (χ3n) is 3.80. The first-order valence-corrected chi connectivity index (χ1v) is 5.69. The van der Waals surface area contributed by atoms with Crippen LogP contribution in [-0.4, -0.2) is 12.8 Å². The van der Waals surface area contributed by atoms with Gasteiger partial charge in [0.2, 0.25) is 0 Å². The van der Waals surface area contributed by atoms with Gasteiger partial charge in [0.25, 0.3) is 0 Å². The van der Waals surface area contributed by atoms with Crippen molar-refractivity contribution in [2.45, 2.75) is 52.9 Å². The van der Waals surface area contributed by atoms with Crippen molar-refractivity contribution in [2.75, 3.05) is 7.11 Å². The van der Waals surface area contributed by atoms with Crippen LogP contribution in [0.15, 0.2) is 5.16 Å². The molecule has 0 bridgehead atoms. The second-order valence-corrected chi connectivity index (χ2v) is 4.96. The van der Waals surface area contributed by atoms with Crippen molar-refractivity contribution in [1.82, 2.24) is 0 Å². The maximum Gasteiger partial charge on any atom is 0.106 e. The first-order valence-electron chi connectivity index (χ1n) is 5.69. The maximum absolute atomic E-state index is 4.82. The van der Waals surface area contributed by atoms with E-state index in [2.05, 4.69) is 25.9 Å². The molecule has 2 heteroatoms. The van der Waals surface area contributed by atoms with Gasteiger partial charge in [0.15, 0.2) is 0 Å². The average Bonchev–Trinajstić information content (AvgIpc) is 2.19. The molecular weight excluding hydrogens is 174 g/mol. The van der Waals surface area contributed by atoms with Crippen molar-refractivity contribution in [2.24, 2.45) is 16.5 Å². The topological polar surface area (TPSA) is 21.6 Å². The molecule has 0 aromatic carbocycles. The molecule has 82 valence electrons. The first-order chi connectivity index (χ1) is 6.60. The lowest BCUT2D eigenvalue weighted by atomic mass is 9.69. The second-order valence-electron chi connectivity index (χ2n) is 4.96. The Hall–Kier alpha value is -0.530. The molecule has 0 saturated heterocycles. The van der Waals surface area contributed by atoms with E-state index < -0.39 is 0 Å². The van der Waals surface area contributed by atoms with Crippen LogP contribution in [0, 0.1) is 11.3 Å². The van der Waals surface area contributed by atoms with Crippen molar-refractivity contribution < 1.29 is 4.84 Å². The van der Waals surface area contributed by atoms with Gasteiger partial charge in [-0.3, -0.25) is 0 Å². The van der Waals surface area contributed by atoms with Crippen LogP contribution >= 0.6 is 0 Å². The average molecular weight is 197 g/mol. The minimum atomic E-state index is 0.499. The fraction of sp³-hybridized carbons (Fsp3) is 0.917. The third-order valence-corrected chi connectivity index (χ3v) is 3.80. The van der Waals surface area contributed by atoms with Gasteiger partial charge >= 0.3 is 0 Å². The van der Waals surface area contributed by atoms with Gasteiger partial charge in [0.05, 0.1) is 5.71 Å². The number of hydrogen-bond acceptors (Lipinski definition) is 2. The fourth-order valence-corrected chi connectivity index (χ4v) is 2.24. The molecule has 1 rings (SSSR count). The first kappa shape index (κ1) is 11.5. The Labute approximate surface area is 87.7 Å². The lowest BCUT2D eigenvalue weighted by Gasteiger charge is -2.36. The lowest BCUT2D eigenvalue weighted by molar-refractivity contribution is 0.170. The van der Waals surface area contributed by atoms with Crippen LogP contribution in [0.1, 0.15) is 52.9 Å². The zero-order chi connectivity index (χ0) is 10.6. The molecule has 0 atom stereocenters. The van der Waals surface area contributed by atoms with Crippen molar-refractivity contribution >= 4 is 5.71 Å². The van der Waals surface area contributed by atoms with Crippen LogP contribution in [0.2, 0.25) is 0 Å². The highest BCUT2D eigenvalue weighted by Gasteiger charge is 2.30. The summed E-state index contributed by atoms with van der Waals surface area (Å²) >= 11 is 0. The molecule has 1 saturated carbocycles. The lowest BCUT2D eigenvalue weighted by Crippen LogP contribution is -2.28. The normalized spacial score (nSPS) is 23.4. The summed E-state index contributed by atoms with van der Waals surface area (Å²) < 4.78 is 0. The van der Waals surface area contributed by atoms with Crippen LogP contribution in [0.3, 0.4) is 0 Å². The number of hydrogen-bond donors (Lipinski definition) is 0. The van der Waals surface area contributed by atoms with E-state index in [4.69, 9.17) is 4.84 Å². The molecule has 2 nitrogen and oxygen atoms in total. The van der Waals surface area contributed by atoms with Crippen molar-refractivity contribution in [3.63, 3.8) is 0 Å². The van der Waals surface area contributed by atoms with E-state index in [0.717, 1.165) is 18.8 Å². The molecule has 0 unspecified atom stereocenters. The van der Waals surface area contributed by atoms with Gasteiger partial charge in [-0.25, -0.2) is 0 Å². The minimum absolute atomic E-state index is 0.499. The molecule has 1 aliphatic carbocycles. The number of rotatable bonds is 3. The second kappa shape index (κ2) is 4.81. The van der Waals surface area contributed by atoms with Crippen LogP contribution in [0.5, 0.6) is 0 Å². The zero-order valence-electron chi connectivity index (χ0n) is 9.97. The summed E-state index contributed by atoms with van der Waals surface area (Å²) in [5.41, 5.74) is 1.74. The highest BCUT2D eigenvalue weighted by Crippen LogP contribution is 2.39. The van der Waals surface area contributed by atoms with Crippen molar-refractivity contribution in [1.29, 1.82) is 0 Å². The van der Waals surface area contributed by atoms with Gasteiger partial charge in [-0.05, 0) is 37.0 Å². The predicted octanol–water partition coefficient (Wildman–Crippen LogP) is 3.62. The Morgan fingerprint density at radius 1 is 1.36 bits per heavy atom. The SMILES string of the molecule is CCC(C)(C)C1CCC(=NOC)CC1. The molecular formula is C12H23NO. The molecule has 1 aliphatic rings. The molecule has 1 fully saturated rings. The zero-order valence-corrected chi connectivity index (χ0v) is 9.97. The Morgan fingerprint density at radius 2 is 1.93 bits per heavy atom. The van der Waals surface area contributed by atoms with E-state index in [1.165, 1.54) is 25.0 Å². The maximum atomic E-state index is 4.82. The van der Waals surface area contributed by atoms with Crippen LogP contribution < -0.4 is 0 Å². The Balaban J connectivity index is 2.47. The summed E-state index contributed by atoms with van der Waals surface area (Å²) in [5.74, 6) is 0.864. The highest BCUT2D eigenvalue weighted by molar-refractivity contribution is 5.84. The smallest absolute Gasteiger partial charge is 0.106 e. The molecule has 0 aromatic rings. The minimum Gasteiger partial charge on any atom is -0.399 e. The van der Waals surface area contributed by atoms with Gasteiger partial charge in [-0.2, -0.15) is 0 Å². The van der Waals surface area contributed by atoms with Gasteiger partial charge in [0.1, 0.15) is 7.11 Å².